The molecule has 1 aromatic rings. The summed E-state index contributed by atoms with van der Waals surface area (Å²) < 4.78 is 2.96. The molecule has 1 heterocycles. The Morgan fingerprint density at radius 2 is 2.10 bits per heavy atom. The van der Waals surface area contributed by atoms with E-state index in [1.807, 2.05) is 30.9 Å². The van der Waals surface area contributed by atoms with Crippen molar-refractivity contribution < 1.29 is 4.79 Å². The number of carbonyl (C=O) groups is 1. The van der Waals surface area contributed by atoms with Crippen LogP contribution in [0.15, 0.2) is 16.7 Å². The number of carbonyl (C=O) groups excluding carboxylic acids is 1. The van der Waals surface area contributed by atoms with Gasteiger partial charge in [0, 0.05) is 29.8 Å². The minimum atomic E-state index is 0.00435. The second-order valence-electron chi connectivity index (χ2n) is 5.82. The molecule has 5 heteroatoms. The first-order valence-electron chi connectivity index (χ1n) is 7.16. The summed E-state index contributed by atoms with van der Waals surface area (Å²) in [5, 5.41) is 3.15. The highest BCUT2D eigenvalue weighted by Gasteiger charge is 2.20. The van der Waals surface area contributed by atoms with Gasteiger partial charge in [-0.15, -0.1) is 0 Å². The van der Waals surface area contributed by atoms with E-state index in [0.29, 0.717) is 5.92 Å². The van der Waals surface area contributed by atoms with E-state index in [2.05, 4.69) is 46.9 Å². The van der Waals surface area contributed by atoms with Gasteiger partial charge >= 0.3 is 0 Å². The van der Waals surface area contributed by atoms with Crippen molar-refractivity contribution in [2.45, 2.75) is 39.8 Å². The summed E-state index contributed by atoms with van der Waals surface area (Å²) in [6.07, 6.45) is 2.97. The third-order valence-electron chi connectivity index (χ3n) is 3.24. The lowest BCUT2D eigenvalue weighted by molar-refractivity contribution is 0.0907. The van der Waals surface area contributed by atoms with Crippen molar-refractivity contribution in [1.82, 2.24) is 14.8 Å². The van der Waals surface area contributed by atoms with Crippen LogP contribution in [0.1, 0.15) is 37.7 Å². The molecule has 114 valence electrons. The second-order valence-corrected chi connectivity index (χ2v) is 6.74. The molecule has 0 aliphatic carbocycles. The molecule has 20 heavy (non-hydrogen) atoms. The van der Waals surface area contributed by atoms with Crippen LogP contribution < -0.4 is 5.32 Å². The van der Waals surface area contributed by atoms with Crippen LogP contribution in [0.4, 0.5) is 0 Å². The predicted molar refractivity (Wildman–Crippen MR) is 87.1 cm³/mol. The molecule has 4 nitrogen and oxygen atoms in total. The fraction of sp³-hybridized carbons (Fsp3) is 0.667. The molecule has 0 fully saturated rings. The Morgan fingerprint density at radius 1 is 1.45 bits per heavy atom. The van der Waals surface area contributed by atoms with Gasteiger partial charge in [-0.05, 0) is 48.4 Å². The Labute approximate surface area is 130 Å². The lowest BCUT2D eigenvalue weighted by Gasteiger charge is -2.25. The van der Waals surface area contributed by atoms with Crippen molar-refractivity contribution in [1.29, 1.82) is 0 Å². The van der Waals surface area contributed by atoms with Crippen LogP contribution in [0, 0.1) is 5.92 Å². The highest BCUT2D eigenvalue weighted by Crippen LogP contribution is 2.16. The molecule has 1 amide bonds. The molecule has 0 aromatic carbocycles. The van der Waals surface area contributed by atoms with Gasteiger partial charge in [-0.3, -0.25) is 4.79 Å². The number of nitrogens with zero attached hydrogens (tertiary/aromatic N) is 2. The van der Waals surface area contributed by atoms with Gasteiger partial charge < -0.3 is 14.8 Å². The first kappa shape index (κ1) is 17.2. The van der Waals surface area contributed by atoms with Crippen LogP contribution in [-0.2, 0) is 6.54 Å². The highest BCUT2D eigenvalue weighted by molar-refractivity contribution is 9.10. The number of aryl methyl sites for hydroxylation is 1. The monoisotopic (exact) mass is 343 g/mol. The highest BCUT2D eigenvalue weighted by atomic mass is 79.9. The number of rotatable bonds is 7. The number of likely N-dealkylation sites (N-methyl/N-ethyl adjacent to an activating group) is 1. The number of hydrogen-bond donors (Lipinski definition) is 1. The summed E-state index contributed by atoms with van der Waals surface area (Å²) in [5.41, 5.74) is 0.725. The van der Waals surface area contributed by atoms with Crippen LogP contribution >= 0.6 is 15.9 Å². The van der Waals surface area contributed by atoms with E-state index in [4.69, 9.17) is 0 Å². The molecule has 1 unspecified atom stereocenters. The fourth-order valence-corrected chi connectivity index (χ4v) is 2.61. The number of amides is 1. The van der Waals surface area contributed by atoms with E-state index in [1.165, 1.54) is 0 Å². The van der Waals surface area contributed by atoms with E-state index < -0.39 is 0 Å². The van der Waals surface area contributed by atoms with E-state index in [0.717, 1.165) is 29.7 Å². The molecule has 1 N–H and O–H groups in total. The maximum absolute atomic E-state index is 12.5. The Morgan fingerprint density at radius 3 is 2.60 bits per heavy atom. The Bertz CT molecular complexity index is 440. The van der Waals surface area contributed by atoms with Gasteiger partial charge in [0.1, 0.15) is 5.69 Å². The maximum atomic E-state index is 12.5. The van der Waals surface area contributed by atoms with Crippen LogP contribution in [0.3, 0.4) is 0 Å². The van der Waals surface area contributed by atoms with Gasteiger partial charge in [0.15, 0.2) is 0 Å². The van der Waals surface area contributed by atoms with Gasteiger partial charge in [0.2, 0.25) is 0 Å². The van der Waals surface area contributed by atoms with Crippen LogP contribution in [0.5, 0.6) is 0 Å². The molecule has 0 bridgehead atoms. The summed E-state index contributed by atoms with van der Waals surface area (Å²) in [6, 6.07) is 2.04. The molecular formula is C15H26BrN3O. The molecular weight excluding hydrogens is 318 g/mol. The summed E-state index contributed by atoms with van der Waals surface area (Å²) in [5.74, 6) is 0.407. The van der Waals surface area contributed by atoms with Gasteiger partial charge in [-0.1, -0.05) is 20.8 Å². The molecule has 1 aromatic heterocycles. The maximum Gasteiger partial charge on any atom is 0.268 e. The van der Waals surface area contributed by atoms with Crippen molar-refractivity contribution in [2.24, 2.45) is 5.92 Å². The van der Waals surface area contributed by atoms with Gasteiger partial charge in [0.25, 0.3) is 5.91 Å². The standard InChI is InChI=1S/C15H26BrN3O/c1-6-7-19-9-12(16)8-14(19)15(20)17-13(11(2)3)10-18(4)5/h8-9,11,13H,6-7,10H2,1-5H3,(H,17,20). The average molecular weight is 344 g/mol. The molecule has 0 saturated heterocycles. The van der Waals surface area contributed by atoms with Crippen molar-refractivity contribution >= 4 is 21.8 Å². The summed E-state index contributed by atoms with van der Waals surface area (Å²) in [4.78, 5) is 14.6. The average Bonchev–Trinajstić information content (AvgIpc) is 2.69. The van der Waals surface area contributed by atoms with E-state index >= 15 is 0 Å². The predicted octanol–water partition coefficient (Wildman–Crippen LogP) is 2.98. The lowest BCUT2D eigenvalue weighted by Crippen LogP contribution is -2.45. The van der Waals surface area contributed by atoms with E-state index in [-0.39, 0.29) is 11.9 Å². The van der Waals surface area contributed by atoms with E-state index in [9.17, 15) is 4.79 Å². The summed E-state index contributed by atoms with van der Waals surface area (Å²) in [7, 11) is 4.05. The van der Waals surface area contributed by atoms with E-state index in [1.54, 1.807) is 0 Å². The number of halogens is 1. The molecule has 0 aliphatic heterocycles. The fourth-order valence-electron chi connectivity index (χ4n) is 2.15. The molecule has 0 aliphatic rings. The van der Waals surface area contributed by atoms with Crippen molar-refractivity contribution in [3.63, 3.8) is 0 Å². The minimum absolute atomic E-state index is 0.00435. The second kappa shape index (κ2) is 7.84. The zero-order valence-corrected chi connectivity index (χ0v) is 14.7. The lowest BCUT2D eigenvalue weighted by atomic mass is 10.0. The zero-order valence-electron chi connectivity index (χ0n) is 13.1. The number of hydrogen-bond acceptors (Lipinski definition) is 2. The normalized spacial score (nSPS) is 13.0. The van der Waals surface area contributed by atoms with Crippen LogP contribution in [0.25, 0.3) is 0 Å². The molecule has 1 atom stereocenters. The Hall–Kier alpha value is -0.810. The quantitative estimate of drug-likeness (QED) is 0.826. The first-order valence-corrected chi connectivity index (χ1v) is 7.95. The zero-order chi connectivity index (χ0) is 15.3. The minimum Gasteiger partial charge on any atom is -0.346 e. The first-order chi connectivity index (χ1) is 9.35. The van der Waals surface area contributed by atoms with Gasteiger partial charge in [-0.25, -0.2) is 0 Å². The molecule has 0 spiro atoms. The third kappa shape index (κ3) is 4.94. The Balaban J connectivity index is 2.83. The van der Waals surface area contributed by atoms with Crippen LogP contribution in [0.2, 0.25) is 0 Å². The number of nitrogens with one attached hydrogen (secondary N) is 1. The topological polar surface area (TPSA) is 37.3 Å². The van der Waals surface area contributed by atoms with Crippen molar-refractivity contribution in [3.8, 4) is 0 Å². The summed E-state index contributed by atoms with van der Waals surface area (Å²) >= 11 is 3.45. The summed E-state index contributed by atoms with van der Waals surface area (Å²) in [6.45, 7) is 8.08. The van der Waals surface area contributed by atoms with Gasteiger partial charge in [0.05, 0.1) is 0 Å². The van der Waals surface area contributed by atoms with Gasteiger partial charge in [-0.2, -0.15) is 0 Å². The SMILES string of the molecule is CCCn1cc(Br)cc1C(=O)NC(CN(C)C)C(C)C. The molecule has 0 radical (unpaired) electrons. The Kier molecular flexibility index (Phi) is 6.76. The third-order valence-corrected chi connectivity index (χ3v) is 3.68. The number of aromatic nitrogens is 1. The molecule has 1 rings (SSSR count). The molecule has 0 saturated carbocycles. The smallest absolute Gasteiger partial charge is 0.268 e. The van der Waals surface area contributed by atoms with Crippen molar-refractivity contribution in [3.05, 3.63) is 22.4 Å². The van der Waals surface area contributed by atoms with Crippen LogP contribution in [-0.4, -0.2) is 42.1 Å². The largest absolute Gasteiger partial charge is 0.346 e. The van der Waals surface area contributed by atoms with Crippen molar-refractivity contribution in [2.75, 3.05) is 20.6 Å².